The molecule has 0 aromatic carbocycles. The van der Waals surface area contributed by atoms with Gasteiger partial charge in [-0.05, 0) is 31.2 Å². The number of hydrogen-bond acceptors (Lipinski definition) is 5. The molecule has 2 rings (SSSR count). The molecule has 1 N–H and O–H groups in total. The average molecular weight is 307 g/mol. The van der Waals surface area contributed by atoms with Crippen molar-refractivity contribution < 1.29 is 14.5 Å². The van der Waals surface area contributed by atoms with Crippen LogP contribution in [0.15, 0.2) is 12.3 Å². The van der Waals surface area contributed by atoms with Crippen LogP contribution in [0.3, 0.4) is 0 Å². The Morgan fingerprint density at radius 2 is 2.23 bits per heavy atom. The van der Waals surface area contributed by atoms with E-state index in [0.29, 0.717) is 11.5 Å². The molecule has 0 radical (unpaired) electrons. The highest BCUT2D eigenvalue weighted by atomic mass is 16.6. The SMILES string of the molecule is Cc1cnc(OCC(=O)N[C@@H]2CCCC[C@@H]2C)c([N+](=O)[O-])c1. The van der Waals surface area contributed by atoms with Crippen molar-refractivity contribution in [2.45, 2.75) is 45.6 Å². The highest BCUT2D eigenvalue weighted by Gasteiger charge is 2.24. The zero-order valence-electron chi connectivity index (χ0n) is 12.9. The number of hydrogen-bond donors (Lipinski definition) is 1. The van der Waals surface area contributed by atoms with Crippen LogP contribution in [-0.2, 0) is 4.79 Å². The number of aromatic nitrogens is 1. The molecule has 0 unspecified atom stereocenters. The molecule has 22 heavy (non-hydrogen) atoms. The molecular weight excluding hydrogens is 286 g/mol. The fourth-order valence-corrected chi connectivity index (χ4v) is 2.70. The predicted octanol–water partition coefficient (Wildman–Crippen LogP) is 2.37. The van der Waals surface area contributed by atoms with Crippen LogP contribution in [0.1, 0.15) is 38.2 Å². The number of carbonyl (C=O) groups is 1. The monoisotopic (exact) mass is 307 g/mol. The van der Waals surface area contributed by atoms with Crippen molar-refractivity contribution in [3.05, 3.63) is 27.9 Å². The van der Waals surface area contributed by atoms with Gasteiger partial charge in [0.15, 0.2) is 6.61 Å². The van der Waals surface area contributed by atoms with Crippen LogP contribution in [0.5, 0.6) is 5.88 Å². The molecule has 1 aromatic rings. The van der Waals surface area contributed by atoms with Crippen molar-refractivity contribution in [3.63, 3.8) is 0 Å². The van der Waals surface area contributed by atoms with Crippen molar-refractivity contribution in [2.75, 3.05) is 6.61 Å². The first-order chi connectivity index (χ1) is 10.5. The maximum atomic E-state index is 11.9. The van der Waals surface area contributed by atoms with Gasteiger partial charge in [0.2, 0.25) is 0 Å². The van der Waals surface area contributed by atoms with Crippen LogP contribution in [-0.4, -0.2) is 28.5 Å². The van der Waals surface area contributed by atoms with E-state index in [9.17, 15) is 14.9 Å². The molecule has 1 amide bonds. The molecule has 1 heterocycles. The first-order valence-electron chi connectivity index (χ1n) is 7.50. The number of nitro groups is 1. The second-order valence-electron chi connectivity index (χ2n) is 5.82. The van der Waals surface area contributed by atoms with Crippen LogP contribution in [0.25, 0.3) is 0 Å². The number of amides is 1. The maximum absolute atomic E-state index is 11.9. The summed E-state index contributed by atoms with van der Waals surface area (Å²) >= 11 is 0. The standard InChI is InChI=1S/C15H21N3O4/c1-10-7-13(18(20)21)15(16-8-10)22-9-14(19)17-12-6-4-3-5-11(12)2/h7-8,11-12H,3-6,9H2,1-2H3,(H,17,19)/t11-,12+/m0/s1. The summed E-state index contributed by atoms with van der Waals surface area (Å²) in [6, 6.07) is 1.54. The fraction of sp³-hybridized carbons (Fsp3) is 0.600. The smallest absolute Gasteiger partial charge is 0.331 e. The molecule has 1 aliphatic carbocycles. The van der Waals surface area contributed by atoms with Crippen molar-refractivity contribution in [3.8, 4) is 5.88 Å². The Labute approximate surface area is 129 Å². The van der Waals surface area contributed by atoms with Crippen molar-refractivity contribution in [1.29, 1.82) is 0 Å². The number of nitrogens with one attached hydrogen (secondary N) is 1. The molecule has 7 nitrogen and oxygen atoms in total. The first kappa shape index (κ1) is 16.2. The van der Waals surface area contributed by atoms with E-state index in [0.717, 1.165) is 19.3 Å². The molecule has 1 aliphatic rings. The number of pyridine rings is 1. The van der Waals surface area contributed by atoms with Gasteiger partial charge in [0.05, 0.1) is 4.92 Å². The minimum absolute atomic E-state index is 0.123. The van der Waals surface area contributed by atoms with Crippen LogP contribution in [0.4, 0.5) is 5.69 Å². The largest absolute Gasteiger partial charge is 0.463 e. The number of rotatable bonds is 5. The summed E-state index contributed by atoms with van der Waals surface area (Å²) in [5.41, 5.74) is 0.443. The Morgan fingerprint density at radius 1 is 1.50 bits per heavy atom. The Morgan fingerprint density at radius 3 is 2.91 bits per heavy atom. The first-order valence-corrected chi connectivity index (χ1v) is 7.50. The van der Waals surface area contributed by atoms with Gasteiger partial charge in [0.25, 0.3) is 11.8 Å². The summed E-state index contributed by atoms with van der Waals surface area (Å²) < 4.78 is 5.23. The molecule has 1 aromatic heterocycles. The summed E-state index contributed by atoms with van der Waals surface area (Å²) in [6.07, 6.45) is 5.86. The van der Waals surface area contributed by atoms with Gasteiger partial charge < -0.3 is 10.1 Å². The third kappa shape index (κ3) is 4.16. The minimum Gasteiger partial charge on any atom is -0.463 e. The zero-order valence-corrected chi connectivity index (χ0v) is 12.9. The number of carbonyl (C=O) groups excluding carboxylic acids is 1. The normalized spacial score (nSPS) is 21.2. The van der Waals surface area contributed by atoms with Crippen molar-refractivity contribution in [1.82, 2.24) is 10.3 Å². The van der Waals surface area contributed by atoms with E-state index in [2.05, 4.69) is 17.2 Å². The minimum atomic E-state index is -0.559. The Bertz CT molecular complexity index is 562. The second-order valence-corrected chi connectivity index (χ2v) is 5.82. The van der Waals surface area contributed by atoms with E-state index in [-0.39, 0.29) is 30.1 Å². The van der Waals surface area contributed by atoms with Gasteiger partial charge in [0.1, 0.15) is 0 Å². The molecule has 120 valence electrons. The highest BCUT2D eigenvalue weighted by Crippen LogP contribution is 2.25. The fourth-order valence-electron chi connectivity index (χ4n) is 2.70. The summed E-state index contributed by atoms with van der Waals surface area (Å²) in [5.74, 6) is 0.0578. The van der Waals surface area contributed by atoms with Crippen molar-refractivity contribution >= 4 is 11.6 Å². The third-order valence-electron chi connectivity index (χ3n) is 3.96. The number of ether oxygens (including phenoxy) is 1. The van der Waals surface area contributed by atoms with Gasteiger partial charge in [-0.2, -0.15) is 0 Å². The molecule has 2 atom stereocenters. The lowest BCUT2D eigenvalue weighted by atomic mass is 9.86. The molecular formula is C15H21N3O4. The lowest BCUT2D eigenvalue weighted by Gasteiger charge is -2.29. The summed E-state index contributed by atoms with van der Waals surface area (Å²) in [7, 11) is 0. The van der Waals surface area contributed by atoms with Gasteiger partial charge in [-0.1, -0.05) is 19.8 Å². The topological polar surface area (TPSA) is 94.4 Å². The summed E-state index contributed by atoms with van der Waals surface area (Å²) in [6.45, 7) is 3.57. The Balaban J connectivity index is 1.92. The van der Waals surface area contributed by atoms with E-state index >= 15 is 0 Å². The molecule has 1 saturated carbocycles. The highest BCUT2D eigenvalue weighted by molar-refractivity contribution is 5.78. The molecule has 7 heteroatoms. The van der Waals surface area contributed by atoms with E-state index in [1.807, 2.05) is 0 Å². The summed E-state index contributed by atoms with van der Waals surface area (Å²) in [5, 5.41) is 13.9. The second kappa shape index (κ2) is 7.20. The lowest BCUT2D eigenvalue weighted by Crippen LogP contribution is -2.43. The van der Waals surface area contributed by atoms with E-state index < -0.39 is 4.92 Å². The van der Waals surface area contributed by atoms with E-state index in [4.69, 9.17) is 4.74 Å². The number of nitrogens with zero attached hydrogens (tertiary/aromatic N) is 2. The average Bonchev–Trinajstić information content (AvgIpc) is 2.48. The third-order valence-corrected chi connectivity index (χ3v) is 3.96. The molecule has 1 fully saturated rings. The molecule has 0 bridgehead atoms. The zero-order chi connectivity index (χ0) is 16.1. The van der Waals surface area contributed by atoms with Gasteiger partial charge in [-0.25, -0.2) is 4.98 Å². The lowest BCUT2D eigenvalue weighted by molar-refractivity contribution is -0.386. The molecule has 0 aliphatic heterocycles. The maximum Gasteiger partial charge on any atom is 0.331 e. The van der Waals surface area contributed by atoms with Crippen LogP contribution >= 0.6 is 0 Å². The summed E-state index contributed by atoms with van der Waals surface area (Å²) in [4.78, 5) is 26.2. The van der Waals surface area contributed by atoms with E-state index in [1.165, 1.54) is 18.7 Å². The quantitative estimate of drug-likeness (QED) is 0.665. The number of aryl methyl sites for hydroxylation is 1. The Hall–Kier alpha value is -2.18. The molecule has 0 saturated heterocycles. The van der Waals surface area contributed by atoms with Gasteiger partial charge >= 0.3 is 5.69 Å². The van der Waals surface area contributed by atoms with Gasteiger partial charge in [-0.15, -0.1) is 0 Å². The van der Waals surface area contributed by atoms with E-state index in [1.54, 1.807) is 6.92 Å². The van der Waals surface area contributed by atoms with Crippen LogP contribution < -0.4 is 10.1 Å². The van der Waals surface area contributed by atoms with Gasteiger partial charge in [0, 0.05) is 18.3 Å². The predicted molar refractivity (Wildman–Crippen MR) is 80.7 cm³/mol. The van der Waals surface area contributed by atoms with Crippen molar-refractivity contribution in [2.24, 2.45) is 5.92 Å². The molecule has 0 spiro atoms. The Kier molecular flexibility index (Phi) is 5.30. The van der Waals surface area contributed by atoms with Crippen LogP contribution in [0, 0.1) is 23.0 Å². The van der Waals surface area contributed by atoms with Gasteiger partial charge in [-0.3, -0.25) is 14.9 Å². The van der Waals surface area contributed by atoms with Crippen LogP contribution in [0.2, 0.25) is 0 Å².